The van der Waals surface area contributed by atoms with E-state index in [1.807, 2.05) is 42.6 Å². The molecule has 3 aliphatic rings. The zero-order valence-corrected chi connectivity index (χ0v) is 20.3. The first-order valence-electron chi connectivity index (χ1n) is 11.8. The molecule has 0 spiro atoms. The van der Waals surface area contributed by atoms with Gasteiger partial charge < -0.3 is 14.8 Å². The third-order valence-electron chi connectivity index (χ3n) is 7.08. The van der Waals surface area contributed by atoms with Gasteiger partial charge in [0.2, 0.25) is 12.7 Å². The number of ether oxygens (including phenoxy) is 2. The fourth-order valence-electron chi connectivity index (χ4n) is 5.06. The van der Waals surface area contributed by atoms with Crippen molar-refractivity contribution in [3.05, 3.63) is 69.7 Å². The van der Waals surface area contributed by atoms with Crippen molar-refractivity contribution >= 4 is 34.0 Å². The second-order valence-electron chi connectivity index (χ2n) is 9.19. The van der Waals surface area contributed by atoms with Crippen LogP contribution in [0.1, 0.15) is 54.1 Å². The summed E-state index contributed by atoms with van der Waals surface area (Å²) in [7, 11) is 0. The summed E-state index contributed by atoms with van der Waals surface area (Å²) >= 11 is 8.16. The monoisotopic (exact) mass is 495 g/mol. The molecule has 8 heteroatoms. The molecule has 1 aliphatic carbocycles. The molecule has 2 aliphatic heterocycles. The highest BCUT2D eigenvalue weighted by atomic mass is 35.5. The standard InChI is InChI=1S/C26H26ClN3O3S/c27-19-7-3-2-6-18(19)23(30-12-4-1-5-13-30)22-15-28-25(34-22)29-24(31)26(10-11-26)17-8-9-20-21(14-17)33-16-32-20/h2-3,6-9,14-15,23H,1,4-5,10-13,16H2,(H,28,29,31)/t23-/m1/s1. The van der Waals surface area contributed by atoms with E-state index in [9.17, 15) is 4.79 Å². The van der Waals surface area contributed by atoms with Crippen LogP contribution in [0, 0.1) is 0 Å². The van der Waals surface area contributed by atoms with E-state index in [-0.39, 0.29) is 18.7 Å². The summed E-state index contributed by atoms with van der Waals surface area (Å²) in [5.41, 5.74) is 1.53. The van der Waals surface area contributed by atoms with Crippen molar-refractivity contribution in [2.75, 3.05) is 25.2 Å². The molecule has 6 rings (SSSR count). The Kier molecular flexibility index (Phi) is 5.71. The van der Waals surface area contributed by atoms with Gasteiger partial charge in [-0.1, -0.05) is 53.6 Å². The number of fused-ring (bicyclic) bond motifs is 1. The molecule has 1 N–H and O–H groups in total. The Hall–Kier alpha value is -2.61. The highest BCUT2D eigenvalue weighted by Gasteiger charge is 2.52. The van der Waals surface area contributed by atoms with Gasteiger partial charge in [0.15, 0.2) is 16.6 Å². The topological polar surface area (TPSA) is 63.7 Å². The number of nitrogens with one attached hydrogen (secondary N) is 1. The fraction of sp³-hybridized carbons (Fsp3) is 0.385. The molecule has 1 saturated carbocycles. The van der Waals surface area contributed by atoms with Gasteiger partial charge >= 0.3 is 0 Å². The van der Waals surface area contributed by atoms with E-state index in [0.29, 0.717) is 10.9 Å². The average Bonchev–Trinajstić information content (AvgIpc) is 3.33. The Labute approximate surface area is 207 Å². The molecule has 1 aromatic heterocycles. The number of hydrogen-bond donors (Lipinski definition) is 1. The van der Waals surface area contributed by atoms with E-state index in [1.165, 1.54) is 30.6 Å². The number of likely N-dealkylation sites (tertiary alicyclic amines) is 1. The molecule has 0 radical (unpaired) electrons. The van der Waals surface area contributed by atoms with Crippen molar-refractivity contribution in [3.8, 4) is 11.5 Å². The van der Waals surface area contributed by atoms with Gasteiger partial charge in [-0.05, 0) is 68.1 Å². The van der Waals surface area contributed by atoms with Gasteiger partial charge in [0.05, 0.1) is 11.5 Å². The number of amides is 1. The molecule has 1 amide bonds. The maximum Gasteiger partial charge on any atom is 0.236 e. The minimum absolute atomic E-state index is 0.0143. The first-order valence-corrected chi connectivity index (χ1v) is 13.0. The molecule has 0 unspecified atom stereocenters. The largest absolute Gasteiger partial charge is 0.454 e. The number of hydrogen-bond acceptors (Lipinski definition) is 6. The van der Waals surface area contributed by atoms with Crippen molar-refractivity contribution in [2.24, 2.45) is 0 Å². The van der Waals surface area contributed by atoms with Crippen LogP contribution in [0.3, 0.4) is 0 Å². The second-order valence-corrected chi connectivity index (χ2v) is 10.7. The number of rotatable bonds is 6. The van der Waals surface area contributed by atoms with Crippen molar-refractivity contribution in [1.29, 1.82) is 0 Å². The summed E-state index contributed by atoms with van der Waals surface area (Å²) in [4.78, 5) is 21.5. The molecule has 1 saturated heterocycles. The van der Waals surface area contributed by atoms with Crippen molar-refractivity contribution in [2.45, 2.75) is 43.6 Å². The van der Waals surface area contributed by atoms with Gasteiger partial charge in [-0.2, -0.15) is 0 Å². The third-order valence-corrected chi connectivity index (χ3v) is 8.39. The summed E-state index contributed by atoms with van der Waals surface area (Å²) in [5, 5.41) is 4.49. The van der Waals surface area contributed by atoms with Crippen LogP contribution in [0.25, 0.3) is 0 Å². The number of carbonyl (C=O) groups is 1. The van der Waals surface area contributed by atoms with Crippen LogP contribution in [0.15, 0.2) is 48.7 Å². The lowest BCUT2D eigenvalue weighted by molar-refractivity contribution is -0.118. The number of halogens is 1. The first kappa shape index (κ1) is 21.9. The number of aromatic nitrogens is 1. The Morgan fingerprint density at radius 2 is 1.88 bits per heavy atom. The van der Waals surface area contributed by atoms with Gasteiger partial charge in [-0.3, -0.25) is 9.69 Å². The Balaban J connectivity index is 1.25. The predicted octanol–water partition coefficient (Wildman–Crippen LogP) is 5.77. The number of anilines is 1. The molecule has 6 nitrogen and oxygen atoms in total. The van der Waals surface area contributed by atoms with Crippen LogP contribution in [-0.2, 0) is 10.2 Å². The SMILES string of the molecule is O=C(Nc1ncc([C@@H](c2ccccc2Cl)N2CCCCC2)s1)C1(c2ccc3c(c2)OCO3)CC1. The number of benzene rings is 2. The summed E-state index contributed by atoms with van der Waals surface area (Å²) in [6.45, 7) is 2.29. The van der Waals surface area contributed by atoms with E-state index in [1.54, 1.807) is 0 Å². The average molecular weight is 496 g/mol. The number of nitrogens with zero attached hydrogens (tertiary/aromatic N) is 2. The normalized spacial score (nSPS) is 19.6. The van der Waals surface area contributed by atoms with Gasteiger partial charge in [0.25, 0.3) is 0 Å². The highest BCUT2D eigenvalue weighted by molar-refractivity contribution is 7.15. The maximum atomic E-state index is 13.4. The Bertz CT molecular complexity index is 1220. The van der Waals surface area contributed by atoms with E-state index in [4.69, 9.17) is 21.1 Å². The van der Waals surface area contributed by atoms with Crippen LogP contribution >= 0.6 is 22.9 Å². The lowest BCUT2D eigenvalue weighted by Gasteiger charge is -2.34. The van der Waals surface area contributed by atoms with Crippen LogP contribution in [0.4, 0.5) is 5.13 Å². The van der Waals surface area contributed by atoms with Crippen LogP contribution in [-0.4, -0.2) is 35.7 Å². The summed E-state index contributed by atoms with van der Waals surface area (Å²) in [6, 6.07) is 13.9. The number of thiazole rings is 1. The maximum absolute atomic E-state index is 13.4. The second kappa shape index (κ2) is 8.87. The Morgan fingerprint density at radius 1 is 1.09 bits per heavy atom. The summed E-state index contributed by atoms with van der Waals surface area (Å²) in [6.07, 6.45) is 7.14. The molecule has 2 fully saturated rings. The van der Waals surface area contributed by atoms with E-state index >= 15 is 0 Å². The molecule has 3 heterocycles. The van der Waals surface area contributed by atoms with Crippen molar-refractivity contribution in [1.82, 2.24) is 9.88 Å². The van der Waals surface area contributed by atoms with Crippen LogP contribution in [0.2, 0.25) is 5.02 Å². The van der Waals surface area contributed by atoms with E-state index in [2.05, 4.69) is 21.3 Å². The lowest BCUT2D eigenvalue weighted by Crippen LogP contribution is -2.34. The summed E-state index contributed by atoms with van der Waals surface area (Å²) < 4.78 is 10.9. The lowest BCUT2D eigenvalue weighted by atomic mass is 9.94. The smallest absolute Gasteiger partial charge is 0.236 e. The fourth-order valence-corrected chi connectivity index (χ4v) is 6.26. The zero-order chi connectivity index (χ0) is 23.1. The number of piperidine rings is 1. The third kappa shape index (κ3) is 3.96. The highest BCUT2D eigenvalue weighted by Crippen LogP contribution is 2.51. The minimum atomic E-state index is -0.526. The molecule has 0 bridgehead atoms. The van der Waals surface area contributed by atoms with Crippen molar-refractivity contribution in [3.63, 3.8) is 0 Å². The first-order chi connectivity index (χ1) is 16.6. The Morgan fingerprint density at radius 3 is 2.68 bits per heavy atom. The molecule has 1 atom stereocenters. The molecular weight excluding hydrogens is 470 g/mol. The quantitative estimate of drug-likeness (QED) is 0.470. The molecule has 3 aromatic rings. The van der Waals surface area contributed by atoms with Gasteiger partial charge in [-0.15, -0.1) is 0 Å². The van der Waals surface area contributed by atoms with Crippen molar-refractivity contribution < 1.29 is 14.3 Å². The van der Waals surface area contributed by atoms with Gasteiger partial charge in [-0.25, -0.2) is 4.98 Å². The summed E-state index contributed by atoms with van der Waals surface area (Å²) in [5.74, 6) is 1.42. The molecule has 34 heavy (non-hydrogen) atoms. The molecular formula is C26H26ClN3O3S. The van der Waals surface area contributed by atoms with Crippen LogP contribution in [0.5, 0.6) is 11.5 Å². The minimum Gasteiger partial charge on any atom is -0.454 e. The van der Waals surface area contributed by atoms with E-state index in [0.717, 1.165) is 52.7 Å². The van der Waals surface area contributed by atoms with Gasteiger partial charge in [0, 0.05) is 16.1 Å². The molecule has 2 aromatic carbocycles. The van der Waals surface area contributed by atoms with E-state index < -0.39 is 5.41 Å². The predicted molar refractivity (Wildman–Crippen MR) is 133 cm³/mol. The molecule has 176 valence electrons. The zero-order valence-electron chi connectivity index (χ0n) is 18.8. The van der Waals surface area contributed by atoms with Gasteiger partial charge in [0.1, 0.15) is 0 Å². The number of carbonyl (C=O) groups excluding carboxylic acids is 1. The van der Waals surface area contributed by atoms with Crippen LogP contribution < -0.4 is 14.8 Å².